The maximum atomic E-state index is 5.80. The van der Waals surface area contributed by atoms with Crippen LogP contribution in [0.2, 0.25) is 0 Å². The van der Waals surface area contributed by atoms with Gasteiger partial charge in [-0.05, 0) is 48.8 Å². The molecule has 0 fully saturated rings. The van der Waals surface area contributed by atoms with E-state index in [1.165, 1.54) is 18.4 Å². The first-order valence-electron chi connectivity index (χ1n) is 10.2. The van der Waals surface area contributed by atoms with Crippen molar-refractivity contribution < 1.29 is 0 Å². The third-order valence-electron chi connectivity index (χ3n) is 4.53. The number of rotatable bonds is 5. The molecule has 0 bridgehead atoms. The zero-order valence-corrected chi connectivity index (χ0v) is 19.2. The van der Waals surface area contributed by atoms with Gasteiger partial charge in [0.05, 0.1) is 0 Å². The minimum atomic E-state index is 0.703. The molecule has 0 aliphatic heterocycles. The Balaban J connectivity index is 0.000000460. The summed E-state index contributed by atoms with van der Waals surface area (Å²) in [6, 6.07) is 5.89. The molecule has 0 saturated carbocycles. The van der Waals surface area contributed by atoms with Crippen LogP contribution in [-0.4, -0.2) is 19.0 Å². The molecule has 0 saturated heterocycles. The Kier molecular flexibility index (Phi) is 11.5. The number of hydrogen-bond acceptors (Lipinski definition) is 2. The lowest BCUT2D eigenvalue weighted by Gasteiger charge is -2.18. The summed E-state index contributed by atoms with van der Waals surface area (Å²) in [6.45, 7) is 19.1. The summed E-state index contributed by atoms with van der Waals surface area (Å²) in [6.07, 6.45) is 7.24. The number of anilines is 1. The van der Waals surface area contributed by atoms with Gasteiger partial charge in [-0.2, -0.15) is 0 Å². The molecule has 0 atom stereocenters. The summed E-state index contributed by atoms with van der Waals surface area (Å²) in [5.41, 5.74) is 13.0. The lowest BCUT2D eigenvalue weighted by molar-refractivity contribution is 0.593. The predicted octanol–water partition coefficient (Wildman–Crippen LogP) is 7.08. The summed E-state index contributed by atoms with van der Waals surface area (Å²) in [7, 11) is 3.95. The second-order valence-corrected chi connectivity index (χ2v) is 7.82. The van der Waals surface area contributed by atoms with Crippen LogP contribution in [0.1, 0.15) is 65.5 Å². The molecule has 1 aromatic rings. The molecule has 2 N–H and O–H groups in total. The van der Waals surface area contributed by atoms with E-state index in [0.29, 0.717) is 5.92 Å². The van der Waals surface area contributed by atoms with Gasteiger partial charge in [0, 0.05) is 31.0 Å². The van der Waals surface area contributed by atoms with E-state index >= 15 is 0 Å². The highest BCUT2D eigenvalue weighted by Gasteiger charge is 2.10. The smallest absolute Gasteiger partial charge is 0.0365 e. The van der Waals surface area contributed by atoms with E-state index in [1.54, 1.807) is 5.57 Å². The Morgan fingerprint density at radius 2 is 1.74 bits per heavy atom. The molecule has 27 heavy (non-hydrogen) atoms. The molecule has 0 unspecified atom stereocenters. The van der Waals surface area contributed by atoms with Crippen LogP contribution in [0.15, 0.2) is 48.1 Å². The number of allylic oxidation sites excluding steroid dienone is 4. The van der Waals surface area contributed by atoms with Gasteiger partial charge in [0.25, 0.3) is 0 Å². The van der Waals surface area contributed by atoms with E-state index in [4.69, 9.17) is 5.73 Å². The minimum absolute atomic E-state index is 0.703. The van der Waals surface area contributed by atoms with Crippen molar-refractivity contribution in [2.75, 3.05) is 19.8 Å². The molecule has 1 aliphatic carbocycles. The fourth-order valence-corrected chi connectivity index (χ4v) is 2.88. The lowest BCUT2D eigenvalue weighted by Crippen LogP contribution is -2.10. The maximum absolute atomic E-state index is 5.80. The summed E-state index contributed by atoms with van der Waals surface area (Å²) in [5, 5.41) is 0. The summed E-state index contributed by atoms with van der Waals surface area (Å²) in [4.78, 5) is 1.99. The summed E-state index contributed by atoms with van der Waals surface area (Å²) >= 11 is 0. The van der Waals surface area contributed by atoms with Gasteiger partial charge < -0.3 is 10.6 Å². The Labute approximate surface area is 168 Å². The van der Waals surface area contributed by atoms with Crippen molar-refractivity contribution in [2.24, 2.45) is 11.8 Å². The molecule has 1 aromatic carbocycles. The highest BCUT2D eigenvalue weighted by molar-refractivity contribution is 5.69. The quantitative estimate of drug-likeness (QED) is 0.561. The van der Waals surface area contributed by atoms with E-state index in [2.05, 4.69) is 46.4 Å². The van der Waals surface area contributed by atoms with Gasteiger partial charge in [-0.3, -0.25) is 0 Å². The normalized spacial score (nSPS) is 12.6. The second-order valence-electron chi connectivity index (χ2n) is 7.82. The number of nitrogen functional groups attached to an aromatic ring is 1. The molecule has 1 aliphatic rings. The van der Waals surface area contributed by atoms with Crippen LogP contribution in [0.5, 0.6) is 0 Å². The molecule has 0 aromatic heterocycles. The van der Waals surface area contributed by atoms with E-state index in [-0.39, 0.29) is 0 Å². The standard InChI is InChI=1S/C12H20.C11H16N2.C2H6/c1-9(2)7-11-5-6-12(8-11)10(3)4;1-8-10(9(2)13(3)4)6-5-7-11(8)12;1-2/h6,8-10H,5,7H2,1-4H3;5-7H,2,12H2,1,3-4H3;1-2H3. The van der Waals surface area contributed by atoms with Crippen LogP contribution in [0.25, 0.3) is 5.70 Å². The van der Waals surface area contributed by atoms with Crippen molar-refractivity contribution >= 4 is 11.4 Å². The van der Waals surface area contributed by atoms with Crippen LogP contribution >= 0.6 is 0 Å². The van der Waals surface area contributed by atoms with Crippen molar-refractivity contribution in [3.05, 3.63) is 59.2 Å². The number of nitrogens with two attached hydrogens (primary N) is 1. The summed E-state index contributed by atoms with van der Waals surface area (Å²) < 4.78 is 0. The molecule has 152 valence electrons. The molecule has 2 heteroatoms. The van der Waals surface area contributed by atoms with Crippen LogP contribution in [-0.2, 0) is 0 Å². The van der Waals surface area contributed by atoms with E-state index in [1.807, 2.05) is 58.0 Å². The highest BCUT2D eigenvalue weighted by Crippen LogP contribution is 2.27. The van der Waals surface area contributed by atoms with Crippen molar-refractivity contribution in [1.82, 2.24) is 4.90 Å². The fourth-order valence-electron chi connectivity index (χ4n) is 2.88. The average Bonchev–Trinajstić information content (AvgIpc) is 3.07. The largest absolute Gasteiger partial charge is 0.398 e. The van der Waals surface area contributed by atoms with Crippen molar-refractivity contribution in [1.29, 1.82) is 0 Å². The SMILES string of the molecule is C=C(c1cccc(N)c1C)N(C)C.CC.CC(C)CC1=CC(C(C)C)=CC1. The van der Waals surface area contributed by atoms with E-state index < -0.39 is 0 Å². The monoisotopic (exact) mass is 370 g/mol. The van der Waals surface area contributed by atoms with Gasteiger partial charge in [0.1, 0.15) is 0 Å². The molecule has 0 radical (unpaired) electrons. The molecule has 0 spiro atoms. The number of hydrogen-bond donors (Lipinski definition) is 1. The lowest BCUT2D eigenvalue weighted by atomic mass is 10.0. The maximum Gasteiger partial charge on any atom is 0.0365 e. The number of nitrogens with zero attached hydrogens (tertiary/aromatic N) is 1. The molecular formula is C25H42N2. The Hall–Kier alpha value is -1.96. The molecule has 2 rings (SSSR count). The van der Waals surface area contributed by atoms with E-state index in [9.17, 15) is 0 Å². The molecule has 0 heterocycles. The first kappa shape index (κ1) is 25.0. The van der Waals surface area contributed by atoms with Gasteiger partial charge >= 0.3 is 0 Å². The fraction of sp³-hybridized carbons (Fsp3) is 0.520. The second kappa shape index (κ2) is 12.4. The van der Waals surface area contributed by atoms with Gasteiger partial charge in [-0.25, -0.2) is 0 Å². The molecular weight excluding hydrogens is 328 g/mol. The molecule has 0 amide bonds. The zero-order chi connectivity index (χ0) is 21.1. The first-order valence-corrected chi connectivity index (χ1v) is 10.2. The van der Waals surface area contributed by atoms with Gasteiger partial charge in [0.15, 0.2) is 0 Å². The predicted molar refractivity (Wildman–Crippen MR) is 125 cm³/mol. The summed E-state index contributed by atoms with van der Waals surface area (Å²) in [5.74, 6) is 1.51. The van der Waals surface area contributed by atoms with E-state index in [0.717, 1.165) is 28.4 Å². The van der Waals surface area contributed by atoms with Crippen LogP contribution in [0, 0.1) is 18.8 Å². The zero-order valence-electron chi connectivity index (χ0n) is 19.2. The molecule has 2 nitrogen and oxygen atoms in total. The van der Waals surface area contributed by atoms with Crippen molar-refractivity contribution in [2.45, 2.75) is 61.3 Å². The Morgan fingerprint density at radius 3 is 2.19 bits per heavy atom. The van der Waals surface area contributed by atoms with Crippen molar-refractivity contribution in [3.8, 4) is 0 Å². The van der Waals surface area contributed by atoms with Crippen molar-refractivity contribution in [3.63, 3.8) is 0 Å². The topological polar surface area (TPSA) is 29.3 Å². The van der Waals surface area contributed by atoms with Crippen LogP contribution in [0.4, 0.5) is 5.69 Å². The van der Waals surface area contributed by atoms with Gasteiger partial charge in [-0.15, -0.1) is 0 Å². The highest BCUT2D eigenvalue weighted by atomic mass is 15.1. The third-order valence-corrected chi connectivity index (χ3v) is 4.53. The van der Waals surface area contributed by atoms with Gasteiger partial charge in [-0.1, -0.05) is 78.0 Å². The Bertz CT molecular complexity index is 646. The minimum Gasteiger partial charge on any atom is -0.398 e. The average molecular weight is 371 g/mol. The van der Waals surface area contributed by atoms with Gasteiger partial charge in [0.2, 0.25) is 0 Å². The third kappa shape index (κ3) is 8.51. The Morgan fingerprint density at radius 1 is 1.15 bits per heavy atom. The first-order chi connectivity index (χ1) is 12.6. The number of benzene rings is 1. The van der Waals surface area contributed by atoms with Crippen LogP contribution in [0.3, 0.4) is 0 Å². The van der Waals surface area contributed by atoms with Crippen LogP contribution < -0.4 is 5.73 Å².